The first-order valence-corrected chi connectivity index (χ1v) is 7.92. The molecule has 0 spiro atoms. The van der Waals surface area contributed by atoms with Crippen molar-refractivity contribution in [2.75, 3.05) is 13.6 Å². The monoisotopic (exact) mass is 241 g/mol. The Balaban J connectivity index is 2.89. The minimum atomic E-state index is 0.896. The largest absolute Gasteiger partial charge is 0.320 e. The maximum Gasteiger partial charge on any atom is -0.00519 e. The summed E-state index contributed by atoms with van der Waals surface area (Å²) in [5.74, 6) is 0.896. The van der Waals surface area contributed by atoms with Crippen molar-refractivity contribution in [1.29, 1.82) is 0 Å². The molecule has 0 radical (unpaired) electrons. The lowest BCUT2D eigenvalue weighted by Crippen LogP contribution is -2.06. The van der Waals surface area contributed by atoms with Crippen molar-refractivity contribution in [1.82, 2.24) is 5.32 Å². The van der Waals surface area contributed by atoms with E-state index in [1.54, 1.807) is 0 Å². The lowest BCUT2D eigenvalue weighted by atomic mass is 10.0. The fraction of sp³-hybridized carbons (Fsp3) is 1.00. The molecule has 0 aliphatic rings. The van der Waals surface area contributed by atoms with Gasteiger partial charge in [0.1, 0.15) is 0 Å². The standard InChI is InChI=1S/C16H35N/c1-16(2)14-12-10-8-6-4-5-7-9-11-13-15-17-3/h16-17H,4-15H2,1-3H3. The summed E-state index contributed by atoms with van der Waals surface area (Å²) in [6.07, 6.45) is 15.8. The van der Waals surface area contributed by atoms with E-state index in [2.05, 4.69) is 19.2 Å². The molecule has 0 atom stereocenters. The van der Waals surface area contributed by atoms with E-state index in [9.17, 15) is 0 Å². The molecule has 0 fully saturated rings. The van der Waals surface area contributed by atoms with Crippen molar-refractivity contribution in [3.8, 4) is 0 Å². The van der Waals surface area contributed by atoms with Gasteiger partial charge in [0.05, 0.1) is 0 Å². The summed E-state index contributed by atoms with van der Waals surface area (Å²) < 4.78 is 0. The SMILES string of the molecule is CNCCCCCCCCCCCCC(C)C. The third-order valence-corrected chi connectivity index (χ3v) is 3.46. The quantitative estimate of drug-likeness (QED) is 0.440. The fourth-order valence-electron chi connectivity index (χ4n) is 2.27. The Morgan fingerprint density at radius 2 is 1.06 bits per heavy atom. The van der Waals surface area contributed by atoms with Crippen LogP contribution in [-0.2, 0) is 0 Å². The van der Waals surface area contributed by atoms with Crippen LogP contribution in [0.5, 0.6) is 0 Å². The summed E-state index contributed by atoms with van der Waals surface area (Å²) in [6, 6.07) is 0. The van der Waals surface area contributed by atoms with Crippen LogP contribution in [0.15, 0.2) is 0 Å². The third kappa shape index (κ3) is 16.0. The van der Waals surface area contributed by atoms with Crippen LogP contribution in [0.2, 0.25) is 0 Å². The van der Waals surface area contributed by atoms with E-state index in [4.69, 9.17) is 0 Å². The van der Waals surface area contributed by atoms with Crippen molar-refractivity contribution in [2.24, 2.45) is 5.92 Å². The Labute approximate surface area is 110 Å². The van der Waals surface area contributed by atoms with Crippen LogP contribution < -0.4 is 5.32 Å². The van der Waals surface area contributed by atoms with E-state index in [-0.39, 0.29) is 0 Å². The van der Waals surface area contributed by atoms with E-state index >= 15 is 0 Å². The molecule has 1 nitrogen and oxygen atoms in total. The average molecular weight is 241 g/mol. The molecule has 0 aromatic heterocycles. The predicted octanol–water partition coefficient (Wildman–Crippen LogP) is 5.15. The molecule has 104 valence electrons. The molecule has 0 rings (SSSR count). The smallest absolute Gasteiger partial charge is 0.00519 e. The summed E-state index contributed by atoms with van der Waals surface area (Å²) in [5.41, 5.74) is 0. The van der Waals surface area contributed by atoms with Crippen LogP contribution >= 0.6 is 0 Å². The number of rotatable bonds is 13. The molecule has 0 saturated heterocycles. The van der Waals surface area contributed by atoms with Crippen molar-refractivity contribution in [2.45, 2.75) is 84.5 Å². The lowest BCUT2D eigenvalue weighted by Gasteiger charge is -2.04. The normalized spacial score (nSPS) is 11.3. The van der Waals surface area contributed by atoms with E-state index in [1.807, 2.05) is 7.05 Å². The Kier molecular flexibility index (Phi) is 14.0. The topological polar surface area (TPSA) is 12.0 Å². The zero-order valence-electron chi connectivity index (χ0n) is 12.6. The molecule has 0 saturated carbocycles. The zero-order valence-corrected chi connectivity index (χ0v) is 12.6. The second kappa shape index (κ2) is 14.0. The van der Waals surface area contributed by atoms with Crippen LogP contribution in [0.25, 0.3) is 0 Å². The molecule has 1 heteroatoms. The van der Waals surface area contributed by atoms with Gasteiger partial charge >= 0.3 is 0 Å². The predicted molar refractivity (Wildman–Crippen MR) is 79.6 cm³/mol. The Morgan fingerprint density at radius 1 is 0.647 bits per heavy atom. The maximum absolute atomic E-state index is 3.21. The third-order valence-electron chi connectivity index (χ3n) is 3.46. The van der Waals surface area contributed by atoms with Crippen LogP contribution in [0.4, 0.5) is 0 Å². The molecule has 0 unspecified atom stereocenters. The molecular weight excluding hydrogens is 206 g/mol. The first-order valence-electron chi connectivity index (χ1n) is 7.92. The number of unbranched alkanes of at least 4 members (excludes halogenated alkanes) is 9. The number of hydrogen-bond donors (Lipinski definition) is 1. The molecule has 0 bridgehead atoms. The minimum Gasteiger partial charge on any atom is -0.320 e. The van der Waals surface area contributed by atoms with Gasteiger partial charge in [-0.05, 0) is 25.9 Å². The second-order valence-electron chi connectivity index (χ2n) is 5.82. The Hall–Kier alpha value is -0.0400. The van der Waals surface area contributed by atoms with Gasteiger partial charge in [0.25, 0.3) is 0 Å². The molecule has 0 aromatic carbocycles. The highest BCUT2D eigenvalue weighted by molar-refractivity contribution is 4.50. The van der Waals surface area contributed by atoms with Crippen LogP contribution in [-0.4, -0.2) is 13.6 Å². The number of nitrogens with one attached hydrogen (secondary N) is 1. The van der Waals surface area contributed by atoms with Gasteiger partial charge in [-0.2, -0.15) is 0 Å². The summed E-state index contributed by atoms with van der Waals surface area (Å²) >= 11 is 0. The van der Waals surface area contributed by atoms with Gasteiger partial charge in [-0.1, -0.05) is 78.1 Å². The van der Waals surface area contributed by atoms with Crippen molar-refractivity contribution in [3.63, 3.8) is 0 Å². The summed E-state index contributed by atoms with van der Waals surface area (Å²) in [7, 11) is 2.04. The molecule has 0 amide bonds. The average Bonchev–Trinajstić information content (AvgIpc) is 2.30. The first-order chi connectivity index (χ1) is 8.27. The molecule has 0 heterocycles. The molecule has 17 heavy (non-hydrogen) atoms. The fourth-order valence-corrected chi connectivity index (χ4v) is 2.27. The van der Waals surface area contributed by atoms with E-state index in [0.29, 0.717) is 0 Å². The van der Waals surface area contributed by atoms with Crippen LogP contribution in [0.3, 0.4) is 0 Å². The van der Waals surface area contributed by atoms with Gasteiger partial charge in [0.2, 0.25) is 0 Å². The van der Waals surface area contributed by atoms with Gasteiger partial charge in [-0.25, -0.2) is 0 Å². The van der Waals surface area contributed by atoms with Crippen molar-refractivity contribution < 1.29 is 0 Å². The van der Waals surface area contributed by atoms with E-state index in [0.717, 1.165) is 5.92 Å². The number of hydrogen-bond acceptors (Lipinski definition) is 1. The minimum absolute atomic E-state index is 0.896. The zero-order chi connectivity index (χ0) is 12.8. The summed E-state index contributed by atoms with van der Waals surface area (Å²) in [6.45, 7) is 5.85. The molecule has 1 N–H and O–H groups in total. The highest BCUT2D eigenvalue weighted by Gasteiger charge is 1.95. The van der Waals surface area contributed by atoms with Crippen LogP contribution in [0, 0.1) is 5.92 Å². The van der Waals surface area contributed by atoms with Gasteiger partial charge in [-0.15, -0.1) is 0 Å². The van der Waals surface area contributed by atoms with Crippen molar-refractivity contribution in [3.05, 3.63) is 0 Å². The highest BCUT2D eigenvalue weighted by atomic mass is 14.8. The molecule has 0 aliphatic carbocycles. The first kappa shape index (κ1) is 17.0. The van der Waals surface area contributed by atoms with Crippen molar-refractivity contribution >= 4 is 0 Å². The van der Waals surface area contributed by atoms with E-state index in [1.165, 1.54) is 77.2 Å². The van der Waals surface area contributed by atoms with Gasteiger partial charge in [-0.3, -0.25) is 0 Å². The van der Waals surface area contributed by atoms with Crippen LogP contribution in [0.1, 0.15) is 84.5 Å². The Bertz CT molecular complexity index is 131. The maximum atomic E-state index is 3.21. The van der Waals surface area contributed by atoms with E-state index < -0.39 is 0 Å². The highest BCUT2D eigenvalue weighted by Crippen LogP contribution is 2.13. The molecule has 0 aliphatic heterocycles. The van der Waals surface area contributed by atoms with Gasteiger partial charge in [0.15, 0.2) is 0 Å². The van der Waals surface area contributed by atoms with Gasteiger partial charge < -0.3 is 5.32 Å². The second-order valence-corrected chi connectivity index (χ2v) is 5.82. The lowest BCUT2D eigenvalue weighted by molar-refractivity contribution is 0.504. The molecular formula is C16H35N. The summed E-state index contributed by atoms with van der Waals surface area (Å²) in [4.78, 5) is 0. The molecule has 0 aromatic rings. The summed E-state index contributed by atoms with van der Waals surface area (Å²) in [5, 5.41) is 3.21. The van der Waals surface area contributed by atoms with Gasteiger partial charge in [0, 0.05) is 0 Å². The Morgan fingerprint density at radius 3 is 1.47 bits per heavy atom.